The van der Waals surface area contributed by atoms with Crippen LogP contribution in [-0.2, 0) is 18.2 Å². The second kappa shape index (κ2) is 7.00. The number of nitrogens with zero attached hydrogens (tertiary/aromatic N) is 3. The first-order valence-corrected chi connectivity index (χ1v) is 6.08. The van der Waals surface area contributed by atoms with Crippen molar-refractivity contribution in [3.8, 4) is 0 Å². The molecular weight excluding hydrogens is 230 g/mol. The van der Waals surface area contributed by atoms with Crippen LogP contribution in [0.5, 0.6) is 0 Å². The minimum Gasteiger partial charge on any atom is -0.383 e. The van der Waals surface area contributed by atoms with Crippen molar-refractivity contribution in [1.29, 1.82) is 0 Å². The van der Waals surface area contributed by atoms with E-state index in [-0.39, 0.29) is 0 Å². The molecule has 0 unspecified atom stereocenters. The van der Waals surface area contributed by atoms with Crippen molar-refractivity contribution in [2.24, 2.45) is 17.8 Å². The average molecular weight is 253 g/mol. The van der Waals surface area contributed by atoms with Gasteiger partial charge < -0.3 is 15.8 Å². The lowest BCUT2D eigenvalue weighted by atomic mass is 10.1. The Kier molecular flexibility index (Phi) is 5.64. The van der Waals surface area contributed by atoms with Gasteiger partial charge in [0.2, 0.25) is 0 Å². The molecule has 0 spiro atoms. The number of hydrogen-bond acceptors (Lipinski definition) is 3. The standard InChI is InChI=1S/C12H23N5O/c1-9-11(10(2)17(3)16-9)5-6-14-12(13)15-7-8-18-4/h5-8H2,1-4H3,(H3,13,14,15). The molecule has 0 saturated carbocycles. The van der Waals surface area contributed by atoms with Gasteiger partial charge in [0.1, 0.15) is 0 Å². The van der Waals surface area contributed by atoms with Crippen molar-refractivity contribution in [3.63, 3.8) is 0 Å². The first kappa shape index (κ1) is 14.5. The van der Waals surface area contributed by atoms with E-state index in [1.54, 1.807) is 7.11 Å². The molecule has 18 heavy (non-hydrogen) atoms. The first-order valence-electron chi connectivity index (χ1n) is 6.08. The third-order valence-electron chi connectivity index (χ3n) is 2.92. The van der Waals surface area contributed by atoms with Gasteiger partial charge in [0.15, 0.2) is 5.96 Å². The van der Waals surface area contributed by atoms with Crippen LogP contribution in [0.4, 0.5) is 0 Å². The molecule has 6 nitrogen and oxygen atoms in total. The lowest BCUT2D eigenvalue weighted by Gasteiger charge is -2.06. The van der Waals surface area contributed by atoms with E-state index in [1.807, 2.05) is 18.7 Å². The molecule has 0 atom stereocenters. The normalized spacial score (nSPS) is 11.9. The summed E-state index contributed by atoms with van der Waals surface area (Å²) < 4.78 is 6.80. The van der Waals surface area contributed by atoms with Crippen LogP contribution in [0.1, 0.15) is 17.0 Å². The van der Waals surface area contributed by atoms with Crippen molar-refractivity contribution in [2.75, 3.05) is 26.8 Å². The van der Waals surface area contributed by atoms with Gasteiger partial charge in [-0.2, -0.15) is 5.10 Å². The molecule has 0 amide bonds. The smallest absolute Gasteiger partial charge is 0.188 e. The predicted molar refractivity (Wildman–Crippen MR) is 72.8 cm³/mol. The maximum absolute atomic E-state index is 5.72. The summed E-state index contributed by atoms with van der Waals surface area (Å²) in [4.78, 5) is 4.13. The van der Waals surface area contributed by atoms with Crippen LogP contribution >= 0.6 is 0 Å². The maximum Gasteiger partial charge on any atom is 0.188 e. The van der Waals surface area contributed by atoms with Gasteiger partial charge in [0, 0.05) is 26.4 Å². The van der Waals surface area contributed by atoms with Crippen LogP contribution in [0.25, 0.3) is 0 Å². The van der Waals surface area contributed by atoms with Crippen LogP contribution in [-0.4, -0.2) is 42.5 Å². The van der Waals surface area contributed by atoms with E-state index in [9.17, 15) is 0 Å². The zero-order valence-electron chi connectivity index (χ0n) is 11.7. The number of methoxy groups -OCH3 is 1. The predicted octanol–water partition coefficient (Wildman–Crippen LogP) is 0.130. The Labute approximate surface area is 108 Å². The average Bonchev–Trinajstić information content (AvgIpc) is 2.56. The fraction of sp³-hybridized carbons (Fsp3) is 0.667. The van der Waals surface area contributed by atoms with Crippen LogP contribution in [0, 0.1) is 13.8 Å². The summed E-state index contributed by atoms with van der Waals surface area (Å²) >= 11 is 0. The SMILES string of the molecule is COCCN=C(N)NCCc1c(C)nn(C)c1C. The van der Waals surface area contributed by atoms with Crippen LogP contribution < -0.4 is 11.1 Å². The first-order chi connectivity index (χ1) is 8.56. The third-order valence-corrected chi connectivity index (χ3v) is 2.92. The number of guanidine groups is 1. The Morgan fingerprint density at radius 1 is 1.50 bits per heavy atom. The number of aryl methyl sites for hydroxylation is 2. The highest BCUT2D eigenvalue weighted by molar-refractivity contribution is 5.77. The number of nitrogens with one attached hydrogen (secondary N) is 1. The highest BCUT2D eigenvalue weighted by Crippen LogP contribution is 2.11. The molecule has 1 aromatic heterocycles. The molecule has 1 heterocycles. The fourth-order valence-electron chi connectivity index (χ4n) is 1.81. The molecule has 0 saturated heterocycles. The molecule has 0 bridgehead atoms. The number of ether oxygens (including phenoxy) is 1. The van der Waals surface area contributed by atoms with E-state index < -0.39 is 0 Å². The molecule has 0 radical (unpaired) electrons. The highest BCUT2D eigenvalue weighted by atomic mass is 16.5. The summed E-state index contributed by atoms with van der Waals surface area (Å²) in [7, 11) is 3.60. The van der Waals surface area contributed by atoms with Crippen molar-refractivity contribution in [1.82, 2.24) is 15.1 Å². The van der Waals surface area contributed by atoms with Crippen molar-refractivity contribution < 1.29 is 4.74 Å². The lowest BCUT2D eigenvalue weighted by molar-refractivity contribution is 0.208. The molecule has 3 N–H and O–H groups in total. The Hall–Kier alpha value is -1.56. The van der Waals surface area contributed by atoms with E-state index in [4.69, 9.17) is 10.5 Å². The van der Waals surface area contributed by atoms with Crippen molar-refractivity contribution in [2.45, 2.75) is 20.3 Å². The molecule has 0 aromatic carbocycles. The molecule has 6 heteroatoms. The molecule has 102 valence electrons. The van der Waals surface area contributed by atoms with Gasteiger partial charge >= 0.3 is 0 Å². The summed E-state index contributed by atoms with van der Waals surface area (Å²) in [6.07, 6.45) is 0.895. The minimum absolute atomic E-state index is 0.464. The summed E-state index contributed by atoms with van der Waals surface area (Å²) in [5, 5.41) is 7.47. The lowest BCUT2D eigenvalue weighted by Crippen LogP contribution is -2.33. The number of rotatable bonds is 6. The Bertz CT molecular complexity index is 411. The van der Waals surface area contributed by atoms with Gasteiger partial charge in [0.25, 0.3) is 0 Å². The molecular formula is C12H23N5O. The molecule has 0 fully saturated rings. The topological polar surface area (TPSA) is 77.5 Å². The highest BCUT2D eigenvalue weighted by Gasteiger charge is 2.08. The largest absolute Gasteiger partial charge is 0.383 e. The number of nitrogens with two attached hydrogens (primary N) is 1. The molecule has 0 aliphatic heterocycles. The summed E-state index contributed by atoms with van der Waals surface area (Å²) in [5.41, 5.74) is 9.27. The molecule has 1 rings (SSSR count). The van der Waals surface area contributed by atoms with E-state index in [0.717, 1.165) is 18.7 Å². The van der Waals surface area contributed by atoms with E-state index in [2.05, 4.69) is 22.3 Å². The molecule has 0 aliphatic carbocycles. The monoisotopic (exact) mass is 253 g/mol. The second-order valence-electron chi connectivity index (χ2n) is 4.21. The maximum atomic E-state index is 5.72. The Balaban J connectivity index is 2.39. The molecule has 0 aliphatic rings. The second-order valence-corrected chi connectivity index (χ2v) is 4.21. The fourth-order valence-corrected chi connectivity index (χ4v) is 1.81. The van der Waals surface area contributed by atoms with Gasteiger partial charge in [-0.25, -0.2) is 0 Å². The van der Waals surface area contributed by atoms with Gasteiger partial charge in [-0.15, -0.1) is 0 Å². The van der Waals surface area contributed by atoms with Gasteiger partial charge in [-0.1, -0.05) is 0 Å². The third kappa shape index (κ3) is 4.03. The van der Waals surface area contributed by atoms with Crippen LogP contribution in [0.2, 0.25) is 0 Å². The number of hydrogen-bond donors (Lipinski definition) is 2. The molecule has 1 aromatic rings. The Morgan fingerprint density at radius 2 is 2.22 bits per heavy atom. The van der Waals surface area contributed by atoms with Crippen molar-refractivity contribution in [3.05, 3.63) is 17.0 Å². The Morgan fingerprint density at radius 3 is 2.78 bits per heavy atom. The summed E-state index contributed by atoms with van der Waals surface area (Å²) in [5.74, 6) is 0.464. The van der Waals surface area contributed by atoms with E-state index >= 15 is 0 Å². The number of aliphatic imine (C=N–C) groups is 1. The van der Waals surface area contributed by atoms with E-state index in [1.165, 1.54) is 11.3 Å². The zero-order valence-corrected chi connectivity index (χ0v) is 11.7. The quantitative estimate of drug-likeness (QED) is 0.429. The zero-order chi connectivity index (χ0) is 13.5. The van der Waals surface area contributed by atoms with Gasteiger partial charge in [0.05, 0.1) is 18.8 Å². The van der Waals surface area contributed by atoms with Gasteiger partial charge in [-0.3, -0.25) is 9.67 Å². The van der Waals surface area contributed by atoms with Gasteiger partial charge in [-0.05, 0) is 25.8 Å². The number of aromatic nitrogens is 2. The minimum atomic E-state index is 0.464. The van der Waals surface area contributed by atoms with E-state index in [0.29, 0.717) is 19.1 Å². The van der Waals surface area contributed by atoms with Crippen LogP contribution in [0.15, 0.2) is 4.99 Å². The van der Waals surface area contributed by atoms with Crippen LogP contribution in [0.3, 0.4) is 0 Å². The summed E-state index contributed by atoms with van der Waals surface area (Å²) in [6, 6.07) is 0. The summed E-state index contributed by atoms with van der Waals surface area (Å²) in [6.45, 7) is 6.03. The van der Waals surface area contributed by atoms with Crippen molar-refractivity contribution >= 4 is 5.96 Å².